The van der Waals surface area contributed by atoms with Gasteiger partial charge in [-0.15, -0.1) is 0 Å². The Balaban J connectivity index is 1.84. The summed E-state index contributed by atoms with van der Waals surface area (Å²) in [4.78, 5) is 2.39. The highest BCUT2D eigenvalue weighted by Gasteiger charge is 2.33. The summed E-state index contributed by atoms with van der Waals surface area (Å²) in [5, 5.41) is 0. The van der Waals surface area contributed by atoms with Crippen LogP contribution in [-0.4, -0.2) is 38.3 Å². The van der Waals surface area contributed by atoms with Gasteiger partial charge in [-0.3, -0.25) is 4.90 Å². The Kier molecular flexibility index (Phi) is 3.23. The van der Waals surface area contributed by atoms with Gasteiger partial charge < -0.3 is 9.47 Å². The zero-order chi connectivity index (χ0) is 10.7. The van der Waals surface area contributed by atoms with Gasteiger partial charge >= 0.3 is 0 Å². The zero-order valence-electron chi connectivity index (χ0n) is 9.27. The molecule has 15 heavy (non-hydrogen) atoms. The predicted octanol–water partition coefficient (Wildman–Crippen LogP) is 1.53. The summed E-state index contributed by atoms with van der Waals surface area (Å²) in [7, 11) is 3.44. The predicted molar refractivity (Wildman–Crippen MR) is 59.1 cm³/mol. The molecule has 0 amide bonds. The molecule has 3 heteroatoms. The number of hydrogen-bond donors (Lipinski definition) is 0. The Morgan fingerprint density at radius 2 is 2.00 bits per heavy atom. The fourth-order valence-corrected chi connectivity index (χ4v) is 1.73. The van der Waals surface area contributed by atoms with Gasteiger partial charge in [0, 0.05) is 26.2 Å². The Bertz CT molecular complexity index is 310. The lowest BCUT2D eigenvalue weighted by atomic mass is 10.2. The van der Waals surface area contributed by atoms with Crippen molar-refractivity contribution >= 4 is 0 Å². The van der Waals surface area contributed by atoms with E-state index in [1.165, 1.54) is 5.56 Å². The number of nitrogens with zero attached hydrogens (tertiary/aromatic N) is 1. The van der Waals surface area contributed by atoms with Crippen molar-refractivity contribution in [3.8, 4) is 5.75 Å². The maximum atomic E-state index is 5.12. The van der Waals surface area contributed by atoms with Crippen molar-refractivity contribution in [2.75, 3.05) is 27.4 Å². The van der Waals surface area contributed by atoms with Crippen LogP contribution in [0.1, 0.15) is 5.56 Å². The largest absolute Gasteiger partial charge is 0.497 e. The van der Waals surface area contributed by atoms with Crippen LogP contribution in [0.2, 0.25) is 0 Å². The summed E-state index contributed by atoms with van der Waals surface area (Å²) >= 11 is 0. The fourth-order valence-electron chi connectivity index (χ4n) is 1.73. The van der Waals surface area contributed by atoms with E-state index in [1.54, 1.807) is 14.2 Å². The van der Waals surface area contributed by atoms with E-state index < -0.39 is 0 Å². The molecule has 0 radical (unpaired) electrons. The number of benzene rings is 1. The molecule has 1 fully saturated rings. The second-order valence-corrected chi connectivity index (χ2v) is 3.89. The summed E-state index contributed by atoms with van der Waals surface area (Å²) in [6, 6.07) is 8.85. The van der Waals surface area contributed by atoms with Crippen molar-refractivity contribution in [3.05, 3.63) is 29.8 Å². The summed E-state index contributed by atoms with van der Waals surface area (Å²) in [6.45, 7) is 3.01. The van der Waals surface area contributed by atoms with E-state index in [4.69, 9.17) is 9.47 Å². The van der Waals surface area contributed by atoms with E-state index in [2.05, 4.69) is 17.0 Å². The van der Waals surface area contributed by atoms with Gasteiger partial charge in [0.05, 0.1) is 13.7 Å². The van der Waals surface area contributed by atoms with Gasteiger partial charge in [-0.05, 0) is 17.7 Å². The van der Waals surface area contributed by atoms with Crippen LogP contribution < -0.4 is 4.74 Å². The molecule has 1 aliphatic heterocycles. The average Bonchev–Trinajstić information content (AvgIpc) is 2.98. The molecule has 2 rings (SSSR count). The van der Waals surface area contributed by atoms with Crippen molar-refractivity contribution < 1.29 is 9.47 Å². The van der Waals surface area contributed by atoms with Gasteiger partial charge in [0.25, 0.3) is 0 Å². The Hall–Kier alpha value is -1.06. The Morgan fingerprint density at radius 1 is 1.27 bits per heavy atom. The van der Waals surface area contributed by atoms with E-state index in [0.29, 0.717) is 6.04 Å². The number of rotatable bonds is 5. The van der Waals surface area contributed by atoms with E-state index in [0.717, 1.165) is 25.4 Å². The van der Waals surface area contributed by atoms with Crippen molar-refractivity contribution in [1.29, 1.82) is 0 Å². The van der Waals surface area contributed by atoms with Gasteiger partial charge in [-0.25, -0.2) is 0 Å². The minimum absolute atomic E-state index is 0.622. The second-order valence-electron chi connectivity index (χ2n) is 3.89. The quantitative estimate of drug-likeness (QED) is 0.683. The van der Waals surface area contributed by atoms with Crippen molar-refractivity contribution in [3.63, 3.8) is 0 Å². The van der Waals surface area contributed by atoms with Gasteiger partial charge in [0.15, 0.2) is 0 Å². The maximum Gasteiger partial charge on any atom is 0.118 e. The van der Waals surface area contributed by atoms with Gasteiger partial charge in [-0.1, -0.05) is 12.1 Å². The first-order valence-electron chi connectivity index (χ1n) is 5.19. The normalized spacial score (nSPS) is 23.9. The molecule has 1 aliphatic rings. The lowest BCUT2D eigenvalue weighted by Crippen LogP contribution is -2.06. The molecule has 0 N–H and O–H groups in total. The van der Waals surface area contributed by atoms with Crippen LogP contribution in [0.25, 0.3) is 0 Å². The first-order chi connectivity index (χ1) is 7.33. The molecule has 1 aromatic carbocycles. The lowest BCUT2D eigenvalue weighted by molar-refractivity contribution is 0.187. The van der Waals surface area contributed by atoms with Crippen LogP contribution >= 0.6 is 0 Å². The van der Waals surface area contributed by atoms with Crippen LogP contribution in [0.5, 0.6) is 5.75 Å². The van der Waals surface area contributed by atoms with Crippen molar-refractivity contribution in [1.82, 2.24) is 4.90 Å². The number of hydrogen-bond acceptors (Lipinski definition) is 3. The van der Waals surface area contributed by atoms with Crippen molar-refractivity contribution in [2.24, 2.45) is 0 Å². The highest BCUT2D eigenvalue weighted by Crippen LogP contribution is 2.22. The van der Waals surface area contributed by atoms with E-state index in [1.807, 2.05) is 12.1 Å². The SMILES string of the molecule is COCC1CN1Cc1ccc(OC)cc1. The van der Waals surface area contributed by atoms with Crippen molar-refractivity contribution in [2.45, 2.75) is 12.6 Å². The molecule has 0 aliphatic carbocycles. The molecule has 2 unspecified atom stereocenters. The van der Waals surface area contributed by atoms with E-state index in [-0.39, 0.29) is 0 Å². The average molecular weight is 207 g/mol. The van der Waals surface area contributed by atoms with Crippen LogP contribution in [-0.2, 0) is 11.3 Å². The third kappa shape index (κ3) is 2.70. The minimum Gasteiger partial charge on any atom is -0.497 e. The molecular formula is C12H17NO2. The van der Waals surface area contributed by atoms with E-state index >= 15 is 0 Å². The van der Waals surface area contributed by atoms with Crippen LogP contribution in [0, 0.1) is 0 Å². The Labute approximate surface area is 90.6 Å². The van der Waals surface area contributed by atoms with Crippen LogP contribution in [0.4, 0.5) is 0 Å². The minimum atomic E-state index is 0.622. The maximum absolute atomic E-state index is 5.12. The first-order valence-corrected chi connectivity index (χ1v) is 5.19. The number of methoxy groups -OCH3 is 2. The molecule has 82 valence electrons. The standard InChI is InChI=1S/C12H17NO2/c1-14-9-11-8-13(11)7-10-3-5-12(15-2)6-4-10/h3-6,11H,7-9H2,1-2H3. The third-order valence-corrected chi connectivity index (χ3v) is 2.73. The molecule has 1 heterocycles. The lowest BCUT2D eigenvalue weighted by Gasteiger charge is -2.05. The molecule has 0 spiro atoms. The van der Waals surface area contributed by atoms with E-state index in [9.17, 15) is 0 Å². The molecule has 0 saturated carbocycles. The zero-order valence-corrected chi connectivity index (χ0v) is 9.27. The molecular weight excluding hydrogens is 190 g/mol. The summed E-state index contributed by atoms with van der Waals surface area (Å²) < 4.78 is 10.2. The molecule has 0 bridgehead atoms. The van der Waals surface area contributed by atoms with Crippen LogP contribution in [0.3, 0.4) is 0 Å². The summed E-state index contributed by atoms with van der Waals surface area (Å²) in [5.74, 6) is 0.915. The number of ether oxygens (including phenoxy) is 2. The monoisotopic (exact) mass is 207 g/mol. The van der Waals surface area contributed by atoms with Crippen LogP contribution in [0.15, 0.2) is 24.3 Å². The topological polar surface area (TPSA) is 21.5 Å². The fraction of sp³-hybridized carbons (Fsp3) is 0.500. The highest BCUT2D eigenvalue weighted by atomic mass is 16.5. The third-order valence-electron chi connectivity index (χ3n) is 2.73. The molecule has 3 nitrogen and oxygen atoms in total. The van der Waals surface area contributed by atoms with Gasteiger partial charge in [0.1, 0.15) is 5.75 Å². The second kappa shape index (κ2) is 4.64. The molecule has 1 aromatic rings. The Morgan fingerprint density at radius 3 is 2.60 bits per heavy atom. The smallest absolute Gasteiger partial charge is 0.118 e. The molecule has 2 atom stereocenters. The van der Waals surface area contributed by atoms with Gasteiger partial charge in [0.2, 0.25) is 0 Å². The first kappa shape index (κ1) is 10.5. The molecule has 0 aromatic heterocycles. The van der Waals surface area contributed by atoms with Gasteiger partial charge in [-0.2, -0.15) is 0 Å². The summed E-state index contributed by atoms with van der Waals surface area (Å²) in [5.41, 5.74) is 1.33. The highest BCUT2D eigenvalue weighted by molar-refractivity contribution is 5.27. The summed E-state index contributed by atoms with van der Waals surface area (Å²) in [6.07, 6.45) is 0. The molecule has 1 saturated heterocycles.